The Morgan fingerprint density at radius 3 is 2.73 bits per heavy atom. The summed E-state index contributed by atoms with van der Waals surface area (Å²) in [6.07, 6.45) is -0.748. The third-order valence-corrected chi connectivity index (χ3v) is 4.63. The number of methoxy groups -OCH3 is 1. The summed E-state index contributed by atoms with van der Waals surface area (Å²) in [4.78, 5) is 25.9. The Balaban J connectivity index is 1.65. The molecular formula is C19H16F3N5O3. The van der Waals surface area contributed by atoms with E-state index in [1.807, 2.05) is 6.07 Å². The van der Waals surface area contributed by atoms with Gasteiger partial charge in [0, 0.05) is 31.8 Å². The number of nitrogens with zero attached hydrogens (tertiary/aromatic N) is 5. The van der Waals surface area contributed by atoms with Crippen molar-refractivity contribution in [2.75, 3.05) is 25.2 Å². The molecule has 0 atom stereocenters. The van der Waals surface area contributed by atoms with Crippen LogP contribution in [0.2, 0.25) is 0 Å². The van der Waals surface area contributed by atoms with E-state index in [9.17, 15) is 18.0 Å². The number of hydrogen-bond donors (Lipinski definition) is 0. The van der Waals surface area contributed by atoms with Gasteiger partial charge in [0.05, 0.1) is 29.9 Å². The van der Waals surface area contributed by atoms with Gasteiger partial charge in [0.25, 0.3) is 0 Å². The molecule has 0 saturated carbocycles. The van der Waals surface area contributed by atoms with E-state index in [0.717, 1.165) is 11.3 Å². The maximum Gasteiger partial charge on any atom is 0.471 e. The zero-order chi connectivity index (χ0) is 21.3. The molecule has 30 heavy (non-hydrogen) atoms. The van der Waals surface area contributed by atoms with Crippen molar-refractivity contribution in [1.29, 1.82) is 0 Å². The topological polar surface area (TPSA) is 94.2 Å². The summed E-state index contributed by atoms with van der Waals surface area (Å²) >= 11 is 0. The number of fused-ring (bicyclic) bond motifs is 1. The first kappa shape index (κ1) is 20.0. The number of ether oxygens (including phenoxy) is 1. The van der Waals surface area contributed by atoms with Gasteiger partial charge in [-0.05, 0) is 30.2 Å². The van der Waals surface area contributed by atoms with Gasteiger partial charge in [0.15, 0.2) is 0 Å². The van der Waals surface area contributed by atoms with Crippen molar-refractivity contribution in [1.82, 2.24) is 20.1 Å². The van der Waals surface area contributed by atoms with Crippen LogP contribution in [-0.4, -0.2) is 46.3 Å². The molecule has 8 nitrogen and oxygen atoms in total. The molecule has 1 aliphatic rings. The quantitative estimate of drug-likeness (QED) is 0.627. The summed E-state index contributed by atoms with van der Waals surface area (Å²) in [5, 5.41) is 3.39. The van der Waals surface area contributed by atoms with E-state index in [4.69, 9.17) is 4.74 Å². The van der Waals surface area contributed by atoms with E-state index >= 15 is 0 Å². The van der Waals surface area contributed by atoms with Crippen LogP contribution in [0.3, 0.4) is 0 Å². The fourth-order valence-electron chi connectivity index (χ4n) is 3.18. The van der Waals surface area contributed by atoms with Crippen LogP contribution >= 0.6 is 0 Å². The Labute approximate surface area is 168 Å². The Morgan fingerprint density at radius 2 is 2.00 bits per heavy atom. The fourth-order valence-corrected chi connectivity index (χ4v) is 3.18. The maximum absolute atomic E-state index is 12.7. The van der Waals surface area contributed by atoms with Crippen LogP contribution in [0.1, 0.15) is 17.9 Å². The molecule has 0 radical (unpaired) electrons. The Bertz CT molecular complexity index is 1080. The summed E-state index contributed by atoms with van der Waals surface area (Å²) in [6.45, 7) is 0.831. The monoisotopic (exact) mass is 419 g/mol. The first-order valence-corrected chi connectivity index (χ1v) is 9.03. The summed E-state index contributed by atoms with van der Waals surface area (Å²) < 4.78 is 47.5. The largest absolute Gasteiger partial charge is 0.471 e. The highest BCUT2D eigenvalue weighted by molar-refractivity contribution is 5.96. The van der Waals surface area contributed by atoms with Gasteiger partial charge < -0.3 is 14.2 Å². The van der Waals surface area contributed by atoms with Gasteiger partial charge >= 0.3 is 12.1 Å². The highest BCUT2D eigenvalue weighted by atomic mass is 19.4. The molecule has 0 aliphatic carbocycles. The summed E-state index contributed by atoms with van der Waals surface area (Å²) in [7, 11) is 1.57. The molecule has 156 valence electrons. The van der Waals surface area contributed by atoms with Gasteiger partial charge in [0.1, 0.15) is 0 Å². The number of rotatable bonds is 5. The van der Waals surface area contributed by atoms with Crippen molar-refractivity contribution in [2.24, 2.45) is 0 Å². The van der Waals surface area contributed by atoms with Crippen LogP contribution in [0, 0.1) is 0 Å². The number of anilines is 1. The second kappa shape index (κ2) is 7.82. The normalized spacial score (nSPS) is 14.1. The number of pyridine rings is 2. The highest BCUT2D eigenvalue weighted by Gasteiger charge is 2.38. The van der Waals surface area contributed by atoms with E-state index in [1.54, 1.807) is 18.2 Å². The molecule has 0 saturated heterocycles. The lowest BCUT2D eigenvalue weighted by Gasteiger charge is -2.29. The van der Waals surface area contributed by atoms with Crippen LogP contribution in [0.15, 0.2) is 35.1 Å². The van der Waals surface area contributed by atoms with Crippen molar-refractivity contribution in [3.63, 3.8) is 0 Å². The van der Waals surface area contributed by atoms with Gasteiger partial charge in [-0.15, -0.1) is 0 Å². The number of carbonyl (C=O) groups excluding carboxylic acids is 1. The van der Waals surface area contributed by atoms with Crippen molar-refractivity contribution >= 4 is 11.6 Å². The predicted octanol–water partition coefficient (Wildman–Crippen LogP) is 3.14. The van der Waals surface area contributed by atoms with Crippen LogP contribution in [0.5, 0.6) is 0 Å². The first-order valence-electron chi connectivity index (χ1n) is 9.03. The van der Waals surface area contributed by atoms with Crippen molar-refractivity contribution in [2.45, 2.75) is 19.0 Å². The van der Waals surface area contributed by atoms with E-state index in [-0.39, 0.29) is 11.7 Å². The molecular weight excluding hydrogens is 403 g/mol. The lowest BCUT2D eigenvalue weighted by atomic mass is 10.0. The van der Waals surface area contributed by atoms with E-state index in [1.165, 1.54) is 18.3 Å². The number of aromatic nitrogens is 4. The van der Waals surface area contributed by atoms with Gasteiger partial charge in [-0.2, -0.15) is 18.2 Å². The molecule has 11 heteroatoms. The highest BCUT2D eigenvalue weighted by Crippen LogP contribution is 2.32. The third kappa shape index (κ3) is 3.88. The molecule has 0 bridgehead atoms. The smallest absolute Gasteiger partial charge is 0.383 e. The van der Waals surface area contributed by atoms with Crippen molar-refractivity contribution in [3.05, 3.63) is 42.0 Å². The van der Waals surface area contributed by atoms with Crippen LogP contribution < -0.4 is 4.90 Å². The number of halogens is 3. The molecule has 4 rings (SSSR count). The Hall–Kier alpha value is -3.34. The number of carbonyl (C=O) groups is 1. The minimum Gasteiger partial charge on any atom is -0.383 e. The van der Waals surface area contributed by atoms with Gasteiger partial charge in [-0.1, -0.05) is 5.16 Å². The van der Waals surface area contributed by atoms with E-state index < -0.39 is 12.1 Å². The average Bonchev–Trinajstić information content (AvgIpc) is 3.24. The van der Waals surface area contributed by atoms with E-state index in [0.29, 0.717) is 42.9 Å². The van der Waals surface area contributed by atoms with Gasteiger partial charge in [-0.25, -0.2) is 0 Å². The molecule has 3 aromatic heterocycles. The van der Waals surface area contributed by atoms with Crippen LogP contribution in [0.25, 0.3) is 22.8 Å². The molecule has 0 N–H and O–H groups in total. The summed E-state index contributed by atoms with van der Waals surface area (Å²) in [5.41, 5.74) is 2.93. The molecule has 0 fully saturated rings. The number of amides is 1. The zero-order valence-corrected chi connectivity index (χ0v) is 15.8. The lowest BCUT2D eigenvalue weighted by molar-refractivity contribution is -0.159. The van der Waals surface area contributed by atoms with Crippen LogP contribution in [0.4, 0.5) is 18.9 Å². The second-order valence-electron chi connectivity index (χ2n) is 6.59. The van der Waals surface area contributed by atoms with E-state index in [2.05, 4.69) is 24.6 Å². The molecule has 0 spiro atoms. The minimum absolute atomic E-state index is 0.00629. The SMILES string of the molecule is COCCN1C(=O)CCc2cc(-c3cc(-c4noc(C(F)(F)F)n4)ccn3)ncc21. The number of aryl methyl sites for hydroxylation is 1. The number of hydrogen-bond acceptors (Lipinski definition) is 7. The molecule has 1 amide bonds. The van der Waals surface area contributed by atoms with Gasteiger partial charge in [0.2, 0.25) is 11.7 Å². The Morgan fingerprint density at radius 1 is 1.20 bits per heavy atom. The lowest BCUT2D eigenvalue weighted by Crippen LogP contribution is -2.37. The van der Waals surface area contributed by atoms with Crippen molar-refractivity contribution < 1.29 is 27.2 Å². The molecule has 4 heterocycles. The van der Waals surface area contributed by atoms with Crippen molar-refractivity contribution in [3.8, 4) is 22.8 Å². The Kier molecular flexibility index (Phi) is 5.20. The fraction of sp³-hybridized carbons (Fsp3) is 0.316. The average molecular weight is 419 g/mol. The molecule has 0 unspecified atom stereocenters. The summed E-state index contributed by atoms with van der Waals surface area (Å²) in [5.74, 6) is -1.60. The molecule has 3 aromatic rings. The maximum atomic E-state index is 12.7. The minimum atomic E-state index is -4.71. The van der Waals surface area contributed by atoms with Gasteiger partial charge in [-0.3, -0.25) is 14.8 Å². The zero-order valence-electron chi connectivity index (χ0n) is 15.8. The third-order valence-electron chi connectivity index (χ3n) is 4.63. The summed E-state index contributed by atoms with van der Waals surface area (Å²) in [6, 6.07) is 4.85. The molecule has 1 aliphatic heterocycles. The first-order chi connectivity index (χ1) is 14.4. The standard InChI is InChI=1S/C19H16F3N5O3/c1-29-7-6-27-15-10-24-14(8-11(15)2-3-16(27)28)13-9-12(4-5-23-13)17-25-18(30-26-17)19(20,21)22/h4-5,8-10H,2-3,6-7H2,1H3. The second-order valence-corrected chi connectivity index (χ2v) is 6.59. The molecule has 0 aromatic carbocycles. The van der Waals surface area contributed by atoms with Crippen LogP contribution in [-0.2, 0) is 22.1 Å². The number of alkyl halides is 3. The predicted molar refractivity (Wildman–Crippen MR) is 98.3 cm³/mol.